The molecule has 0 saturated heterocycles. The van der Waals surface area contributed by atoms with Crippen LogP contribution in [0.4, 0.5) is 5.69 Å². The average molecular weight is 521 g/mol. The highest BCUT2D eigenvalue weighted by Gasteiger charge is 2.31. The summed E-state index contributed by atoms with van der Waals surface area (Å²) in [7, 11) is 0. The lowest BCUT2D eigenvalue weighted by Crippen LogP contribution is -2.26. The van der Waals surface area contributed by atoms with E-state index in [1.165, 1.54) is 63.5 Å². The normalized spacial score (nSPS) is 23.2. The topological polar surface area (TPSA) is 80.8 Å². The molecule has 0 atom stereocenters. The quantitative estimate of drug-likeness (QED) is 0.119. The highest BCUT2D eigenvalue weighted by Crippen LogP contribution is 2.40. The van der Waals surface area contributed by atoms with Crippen molar-refractivity contribution in [2.45, 2.75) is 117 Å². The fourth-order valence-electron chi connectivity index (χ4n) is 6.06. The molecule has 2 fully saturated rings. The molecule has 0 N–H and O–H groups in total. The maximum atomic E-state index is 12.9. The number of unbranched alkanes of at least 4 members (excludes halogenated alkanes) is 4. The molecule has 3 rings (SSSR count). The van der Waals surface area contributed by atoms with Crippen LogP contribution in [-0.4, -0.2) is 11.9 Å². The number of hydrogen-bond donors (Lipinski definition) is 0. The molecule has 0 aromatic heterocycles. The van der Waals surface area contributed by atoms with Gasteiger partial charge in [-0.15, -0.1) is 0 Å². The molecule has 6 heteroatoms. The van der Waals surface area contributed by atoms with Crippen molar-refractivity contribution in [1.82, 2.24) is 0 Å². The first-order valence-corrected chi connectivity index (χ1v) is 14.9. The van der Waals surface area contributed by atoms with E-state index in [1.54, 1.807) is 0 Å². The van der Waals surface area contributed by atoms with E-state index in [0.717, 1.165) is 51.4 Å². The number of benzene rings is 1. The van der Waals surface area contributed by atoms with E-state index in [2.05, 4.69) is 18.7 Å². The highest BCUT2D eigenvalue weighted by atomic mass is 16.5. The lowest BCUT2D eigenvalue weighted by molar-refractivity contribution is -0.141. The molecule has 0 amide bonds. The standard InChI is InChI=1S/C32H44N2O4/c1-4-6-8-10-23-12-16-25(17-13-23)31(35)37-28-20-21-29(30(34-3)27(28)22-33)38-32(36)26-18-14-24(15-19-26)11-9-7-5-2/h20-21,23-26H,4-19H2,1-2H3. The van der Waals surface area contributed by atoms with Crippen LogP contribution in [0.2, 0.25) is 0 Å². The van der Waals surface area contributed by atoms with Gasteiger partial charge in [-0.25, -0.2) is 4.85 Å². The number of ether oxygens (including phenoxy) is 2. The van der Waals surface area contributed by atoms with E-state index in [4.69, 9.17) is 16.0 Å². The summed E-state index contributed by atoms with van der Waals surface area (Å²) in [6, 6.07) is 4.96. The van der Waals surface area contributed by atoms with Gasteiger partial charge in [-0.05, 0) is 75.3 Å². The van der Waals surface area contributed by atoms with Gasteiger partial charge >= 0.3 is 11.9 Å². The Bertz CT molecular complexity index is 925. The summed E-state index contributed by atoms with van der Waals surface area (Å²) in [6.07, 6.45) is 17.2. The maximum absolute atomic E-state index is 12.9. The molecule has 1 aromatic rings. The van der Waals surface area contributed by atoms with Crippen LogP contribution in [0.25, 0.3) is 4.85 Å². The molecule has 0 aliphatic heterocycles. The fraction of sp³-hybridized carbons (Fsp3) is 0.688. The van der Waals surface area contributed by atoms with Crippen molar-refractivity contribution in [2.75, 3.05) is 0 Å². The number of nitriles is 1. The van der Waals surface area contributed by atoms with Crippen molar-refractivity contribution < 1.29 is 19.1 Å². The van der Waals surface area contributed by atoms with Crippen LogP contribution in [0.3, 0.4) is 0 Å². The van der Waals surface area contributed by atoms with Crippen LogP contribution < -0.4 is 9.47 Å². The van der Waals surface area contributed by atoms with Gasteiger partial charge in [0.25, 0.3) is 0 Å². The van der Waals surface area contributed by atoms with Gasteiger partial charge in [0.1, 0.15) is 17.1 Å². The summed E-state index contributed by atoms with van der Waals surface area (Å²) in [5, 5.41) is 9.79. The zero-order chi connectivity index (χ0) is 27.3. The summed E-state index contributed by atoms with van der Waals surface area (Å²) in [5.41, 5.74) is -0.120. The molecule has 0 radical (unpaired) electrons. The molecule has 0 heterocycles. The van der Waals surface area contributed by atoms with Crippen LogP contribution in [0.5, 0.6) is 11.5 Å². The molecule has 2 aliphatic carbocycles. The summed E-state index contributed by atoms with van der Waals surface area (Å²) in [6.45, 7) is 12.0. The van der Waals surface area contributed by atoms with Gasteiger partial charge in [0.05, 0.1) is 24.5 Å². The van der Waals surface area contributed by atoms with E-state index >= 15 is 0 Å². The molecule has 206 valence electrons. The van der Waals surface area contributed by atoms with Gasteiger partial charge < -0.3 is 9.47 Å². The fourth-order valence-corrected chi connectivity index (χ4v) is 6.06. The van der Waals surface area contributed by atoms with Crippen molar-refractivity contribution in [2.24, 2.45) is 23.7 Å². The maximum Gasteiger partial charge on any atom is 0.314 e. The predicted octanol–water partition coefficient (Wildman–Crippen LogP) is 8.69. The Kier molecular flexibility index (Phi) is 12.1. The van der Waals surface area contributed by atoms with Crippen LogP contribution in [0, 0.1) is 41.6 Å². The molecule has 2 saturated carbocycles. The van der Waals surface area contributed by atoms with E-state index in [-0.39, 0.29) is 46.5 Å². The minimum atomic E-state index is -0.343. The number of nitrogens with zero attached hydrogens (tertiary/aromatic N) is 2. The highest BCUT2D eigenvalue weighted by molar-refractivity contribution is 5.82. The molecular formula is C32H44N2O4. The average Bonchev–Trinajstić information content (AvgIpc) is 2.94. The van der Waals surface area contributed by atoms with Crippen LogP contribution >= 0.6 is 0 Å². The van der Waals surface area contributed by atoms with Gasteiger partial charge in [-0.2, -0.15) is 5.26 Å². The van der Waals surface area contributed by atoms with Gasteiger partial charge in [0.15, 0.2) is 0 Å². The third-order valence-electron chi connectivity index (χ3n) is 8.54. The van der Waals surface area contributed by atoms with E-state index in [0.29, 0.717) is 11.8 Å². The number of esters is 2. The second kappa shape index (κ2) is 15.5. The minimum Gasteiger partial charge on any atom is -0.438 e. The first-order valence-electron chi connectivity index (χ1n) is 14.9. The number of carbonyl (C=O) groups excluding carboxylic acids is 2. The Hall–Kier alpha value is -2.86. The molecule has 2 aliphatic rings. The molecule has 0 bridgehead atoms. The van der Waals surface area contributed by atoms with Crippen LogP contribution in [0.1, 0.15) is 122 Å². The first kappa shape index (κ1) is 29.7. The van der Waals surface area contributed by atoms with Crippen molar-refractivity contribution in [3.63, 3.8) is 0 Å². The molecule has 38 heavy (non-hydrogen) atoms. The van der Waals surface area contributed by atoms with E-state index in [9.17, 15) is 14.9 Å². The second-order valence-corrected chi connectivity index (χ2v) is 11.3. The SMILES string of the molecule is [C-]#[N+]c1c(OC(=O)C2CCC(CCCCC)CC2)ccc(OC(=O)C2CCC(CCCCC)CC2)c1C#N. The predicted molar refractivity (Wildman–Crippen MR) is 148 cm³/mol. The molecule has 0 spiro atoms. The lowest BCUT2D eigenvalue weighted by Gasteiger charge is -2.27. The van der Waals surface area contributed by atoms with Gasteiger partial charge in [-0.1, -0.05) is 65.2 Å². The zero-order valence-corrected chi connectivity index (χ0v) is 23.3. The van der Waals surface area contributed by atoms with Gasteiger partial charge in [0, 0.05) is 0 Å². The Morgan fingerprint density at radius 3 is 1.68 bits per heavy atom. The summed E-state index contributed by atoms with van der Waals surface area (Å²) in [4.78, 5) is 29.3. The Morgan fingerprint density at radius 2 is 1.26 bits per heavy atom. The smallest absolute Gasteiger partial charge is 0.314 e. The molecular weight excluding hydrogens is 476 g/mol. The Labute approximate surface area is 228 Å². The Morgan fingerprint density at radius 1 is 0.816 bits per heavy atom. The van der Waals surface area contributed by atoms with Gasteiger partial charge in [0.2, 0.25) is 5.69 Å². The van der Waals surface area contributed by atoms with Crippen molar-refractivity contribution in [1.29, 1.82) is 5.26 Å². The van der Waals surface area contributed by atoms with Crippen molar-refractivity contribution >= 4 is 17.6 Å². The van der Waals surface area contributed by atoms with Crippen LogP contribution in [-0.2, 0) is 9.59 Å². The molecule has 1 aromatic carbocycles. The lowest BCUT2D eigenvalue weighted by atomic mass is 9.80. The monoisotopic (exact) mass is 520 g/mol. The van der Waals surface area contributed by atoms with Crippen molar-refractivity contribution in [3.8, 4) is 17.6 Å². The largest absolute Gasteiger partial charge is 0.438 e. The Balaban J connectivity index is 1.57. The number of rotatable bonds is 12. The van der Waals surface area contributed by atoms with E-state index in [1.807, 2.05) is 6.07 Å². The molecule has 0 unspecified atom stereocenters. The number of carbonyl (C=O) groups is 2. The summed E-state index contributed by atoms with van der Waals surface area (Å²) >= 11 is 0. The second-order valence-electron chi connectivity index (χ2n) is 11.3. The van der Waals surface area contributed by atoms with Gasteiger partial charge in [-0.3, -0.25) is 9.59 Å². The summed E-state index contributed by atoms with van der Waals surface area (Å²) < 4.78 is 11.3. The zero-order valence-electron chi connectivity index (χ0n) is 23.3. The number of hydrogen-bond acceptors (Lipinski definition) is 5. The minimum absolute atomic E-state index is 0.0495. The first-order chi connectivity index (χ1) is 18.5. The van der Waals surface area contributed by atoms with E-state index < -0.39 is 0 Å². The molecule has 6 nitrogen and oxygen atoms in total. The van der Waals surface area contributed by atoms with Crippen molar-refractivity contribution in [3.05, 3.63) is 29.1 Å². The third-order valence-corrected chi connectivity index (χ3v) is 8.54. The summed E-state index contributed by atoms with van der Waals surface area (Å²) in [5.74, 6) is 0.445. The van der Waals surface area contributed by atoms with Crippen LogP contribution in [0.15, 0.2) is 12.1 Å². The third kappa shape index (κ3) is 8.32.